The molecule has 2 aromatic heterocycles. The molecule has 4 heteroatoms. The van der Waals surface area contributed by atoms with Crippen LogP contribution in [0, 0.1) is 0 Å². The summed E-state index contributed by atoms with van der Waals surface area (Å²) in [6.45, 7) is 0.652. The number of rotatable bonds is 9. The van der Waals surface area contributed by atoms with Gasteiger partial charge in [-0.25, -0.2) is 0 Å². The summed E-state index contributed by atoms with van der Waals surface area (Å²) < 4.78 is 12.7. The van der Waals surface area contributed by atoms with E-state index < -0.39 is 0 Å². The summed E-state index contributed by atoms with van der Waals surface area (Å²) in [6.07, 6.45) is 0. The van der Waals surface area contributed by atoms with Gasteiger partial charge >= 0.3 is 0 Å². The van der Waals surface area contributed by atoms with Crippen LogP contribution in [0.2, 0.25) is 0 Å². The van der Waals surface area contributed by atoms with Crippen LogP contribution >= 0.6 is 0 Å². The van der Waals surface area contributed by atoms with Gasteiger partial charge in [-0.05, 0) is 134 Å². The standard InChI is InChI=1S/C63H42N2O2/c1-3-16-42(17-4-1)51-23-9-10-25-53(51)52-24-8-7-18-45(52)41-64(46-19-5-2-6-20-46)47-21-15-22-48(37-47)65(50-34-35-62-58(39-50)54-26-11-13-28-60(54)66-62)49-33-32-43-30-31-44-36-63-59(40-57(44)56(43)38-49)55-27-12-14-29-61(55)67-63/h1-40H,41H2. The number of furan rings is 2. The van der Waals surface area contributed by atoms with Gasteiger partial charge in [0.05, 0.1) is 0 Å². The van der Waals surface area contributed by atoms with Crippen molar-refractivity contribution in [2.45, 2.75) is 6.54 Å². The highest BCUT2D eigenvalue weighted by atomic mass is 16.3. The molecule has 0 saturated heterocycles. The maximum absolute atomic E-state index is 6.36. The fourth-order valence-corrected chi connectivity index (χ4v) is 10.1. The van der Waals surface area contributed by atoms with E-state index in [0.29, 0.717) is 6.54 Å². The normalized spacial score (nSPS) is 11.6. The molecule has 0 bridgehead atoms. The van der Waals surface area contributed by atoms with Crippen LogP contribution in [0.25, 0.3) is 87.7 Å². The molecule has 0 aliphatic rings. The Bertz CT molecular complexity index is 3980. The summed E-state index contributed by atoms with van der Waals surface area (Å²) in [5, 5.41) is 9.09. The van der Waals surface area contributed by atoms with Gasteiger partial charge in [-0.2, -0.15) is 0 Å². The van der Waals surface area contributed by atoms with E-state index in [1.54, 1.807) is 0 Å². The Labute approximate surface area is 387 Å². The number of para-hydroxylation sites is 3. The summed E-state index contributed by atoms with van der Waals surface area (Å²) in [4.78, 5) is 4.83. The van der Waals surface area contributed by atoms with Gasteiger partial charge in [-0.1, -0.05) is 158 Å². The van der Waals surface area contributed by atoms with Crippen molar-refractivity contribution >= 4 is 93.9 Å². The second kappa shape index (κ2) is 16.0. The van der Waals surface area contributed by atoms with Gasteiger partial charge in [-0.3, -0.25) is 0 Å². The molecule has 0 N–H and O–H groups in total. The van der Waals surface area contributed by atoms with Gasteiger partial charge in [-0.15, -0.1) is 0 Å². The first kappa shape index (κ1) is 38.6. The molecule has 0 unspecified atom stereocenters. The van der Waals surface area contributed by atoms with E-state index in [1.165, 1.54) is 44.0 Å². The van der Waals surface area contributed by atoms with E-state index in [-0.39, 0.29) is 0 Å². The Morgan fingerprint density at radius 3 is 1.60 bits per heavy atom. The van der Waals surface area contributed by atoms with Gasteiger partial charge < -0.3 is 18.6 Å². The van der Waals surface area contributed by atoms with Crippen LogP contribution in [0.15, 0.2) is 251 Å². The van der Waals surface area contributed by atoms with Crippen LogP contribution in [0.5, 0.6) is 0 Å². The smallest absolute Gasteiger partial charge is 0.136 e. The van der Waals surface area contributed by atoms with Crippen molar-refractivity contribution in [1.82, 2.24) is 0 Å². The largest absolute Gasteiger partial charge is 0.456 e. The number of hydrogen-bond donors (Lipinski definition) is 0. The monoisotopic (exact) mass is 858 g/mol. The van der Waals surface area contributed by atoms with Gasteiger partial charge in [0, 0.05) is 56.5 Å². The highest BCUT2D eigenvalue weighted by molar-refractivity contribution is 6.17. The third-order valence-electron chi connectivity index (χ3n) is 13.3. The molecule has 0 aliphatic heterocycles. The summed E-state index contributed by atoms with van der Waals surface area (Å²) in [7, 11) is 0. The average molecular weight is 859 g/mol. The van der Waals surface area contributed by atoms with Crippen molar-refractivity contribution in [2.75, 3.05) is 9.80 Å². The van der Waals surface area contributed by atoms with Crippen molar-refractivity contribution in [3.05, 3.63) is 248 Å². The van der Waals surface area contributed by atoms with Crippen molar-refractivity contribution in [1.29, 1.82) is 0 Å². The Kier molecular flexibility index (Phi) is 9.21. The summed E-state index contributed by atoms with van der Waals surface area (Å²) in [5.41, 5.74) is 14.9. The molecule has 0 atom stereocenters. The number of nitrogens with zero attached hydrogens (tertiary/aromatic N) is 2. The fraction of sp³-hybridized carbons (Fsp3) is 0.0159. The second-order valence-electron chi connectivity index (χ2n) is 17.3. The van der Waals surface area contributed by atoms with E-state index in [1.807, 2.05) is 24.3 Å². The van der Waals surface area contributed by atoms with Crippen LogP contribution in [-0.4, -0.2) is 0 Å². The van der Waals surface area contributed by atoms with Crippen molar-refractivity contribution in [3.8, 4) is 22.3 Å². The zero-order valence-electron chi connectivity index (χ0n) is 36.5. The first-order valence-corrected chi connectivity index (χ1v) is 22.8. The highest BCUT2D eigenvalue weighted by Gasteiger charge is 2.21. The molecule has 0 spiro atoms. The number of anilines is 5. The molecule has 316 valence electrons. The lowest BCUT2D eigenvalue weighted by Crippen LogP contribution is -2.18. The predicted molar refractivity (Wildman–Crippen MR) is 280 cm³/mol. The summed E-state index contributed by atoms with van der Waals surface area (Å²) >= 11 is 0. The Morgan fingerprint density at radius 1 is 0.284 bits per heavy atom. The van der Waals surface area contributed by atoms with Crippen molar-refractivity contribution in [2.24, 2.45) is 0 Å². The molecular weight excluding hydrogens is 817 g/mol. The lowest BCUT2D eigenvalue weighted by Gasteiger charge is -2.30. The Morgan fingerprint density at radius 2 is 0.806 bits per heavy atom. The van der Waals surface area contributed by atoms with E-state index in [9.17, 15) is 0 Å². The van der Waals surface area contributed by atoms with Crippen LogP contribution in [0.4, 0.5) is 28.4 Å². The lowest BCUT2D eigenvalue weighted by molar-refractivity contribution is 0.668. The highest BCUT2D eigenvalue weighted by Crippen LogP contribution is 2.44. The molecule has 0 fully saturated rings. The fourth-order valence-electron chi connectivity index (χ4n) is 10.1. The number of fused-ring (bicyclic) bond motifs is 9. The van der Waals surface area contributed by atoms with Crippen molar-refractivity contribution < 1.29 is 8.83 Å². The van der Waals surface area contributed by atoms with Gasteiger partial charge in [0.15, 0.2) is 0 Å². The molecule has 4 nitrogen and oxygen atoms in total. The molecular formula is C63H42N2O2. The molecule has 13 rings (SSSR count). The molecule has 13 aromatic rings. The quantitative estimate of drug-likeness (QED) is 0.135. The molecule has 0 radical (unpaired) electrons. The van der Waals surface area contributed by atoms with Gasteiger partial charge in [0.25, 0.3) is 0 Å². The topological polar surface area (TPSA) is 32.8 Å². The zero-order valence-corrected chi connectivity index (χ0v) is 36.5. The second-order valence-corrected chi connectivity index (χ2v) is 17.3. The van der Waals surface area contributed by atoms with Crippen LogP contribution in [-0.2, 0) is 6.54 Å². The number of benzene rings is 11. The summed E-state index contributed by atoms with van der Waals surface area (Å²) in [5.74, 6) is 0. The van der Waals surface area contributed by atoms with Gasteiger partial charge in [0.2, 0.25) is 0 Å². The van der Waals surface area contributed by atoms with Crippen LogP contribution in [0.3, 0.4) is 0 Å². The average Bonchev–Trinajstić information content (AvgIpc) is 3.95. The maximum atomic E-state index is 6.36. The van der Waals surface area contributed by atoms with E-state index in [4.69, 9.17) is 8.83 Å². The maximum Gasteiger partial charge on any atom is 0.136 e. The predicted octanol–water partition coefficient (Wildman–Crippen LogP) is 17.9. The molecule has 0 amide bonds. The minimum absolute atomic E-state index is 0.652. The molecule has 0 aliphatic carbocycles. The van der Waals surface area contributed by atoms with Crippen molar-refractivity contribution in [3.63, 3.8) is 0 Å². The molecule has 11 aromatic carbocycles. The van der Waals surface area contributed by atoms with Crippen LogP contribution in [0.1, 0.15) is 5.56 Å². The first-order chi connectivity index (χ1) is 33.2. The lowest BCUT2D eigenvalue weighted by atomic mass is 9.91. The summed E-state index contributed by atoms with van der Waals surface area (Å²) in [6, 6.07) is 87.0. The Balaban J connectivity index is 0.984. The minimum atomic E-state index is 0.652. The van der Waals surface area contributed by atoms with E-state index >= 15 is 0 Å². The van der Waals surface area contributed by atoms with E-state index in [2.05, 4.69) is 228 Å². The number of hydrogen-bond acceptors (Lipinski definition) is 4. The molecule has 2 heterocycles. The van der Waals surface area contributed by atoms with Gasteiger partial charge in [0.1, 0.15) is 22.3 Å². The molecule has 67 heavy (non-hydrogen) atoms. The first-order valence-electron chi connectivity index (χ1n) is 22.8. The van der Waals surface area contributed by atoms with Crippen LogP contribution < -0.4 is 9.80 Å². The Hall–Kier alpha value is -8.86. The molecule has 0 saturated carbocycles. The SMILES string of the molecule is c1ccc(-c2ccccc2-c2ccccc2CN(c2ccccc2)c2cccc(N(c3ccc4ccc5cc6oc7ccccc7c6cc5c4c3)c3ccc4oc5ccccc5c4c3)c2)cc1. The van der Waals surface area contributed by atoms with E-state index in [0.717, 1.165) is 77.7 Å². The zero-order chi connectivity index (χ0) is 44.3. The third-order valence-corrected chi connectivity index (χ3v) is 13.3. The third kappa shape index (κ3) is 6.77. The minimum Gasteiger partial charge on any atom is -0.456 e.